The smallest absolute Gasteiger partial charge is 0.249 e. The summed E-state index contributed by atoms with van der Waals surface area (Å²) in [6.07, 6.45) is 3.29. The number of nitrogens with two attached hydrogens (primary N) is 1. The van der Waals surface area contributed by atoms with E-state index < -0.39 is 5.91 Å². The Morgan fingerprint density at radius 3 is 2.83 bits per heavy atom. The zero-order valence-corrected chi connectivity index (χ0v) is 9.45. The number of carbonyl (C=O) groups excluding carboxylic acids is 1. The Balaban J connectivity index is 2.33. The lowest BCUT2D eigenvalue weighted by molar-refractivity contribution is 0.100. The highest BCUT2D eigenvalue weighted by molar-refractivity contribution is 6.01. The summed E-state index contributed by atoms with van der Waals surface area (Å²) in [5.74, 6) is -0.464. The van der Waals surface area contributed by atoms with Crippen molar-refractivity contribution in [3.63, 3.8) is 0 Å². The summed E-state index contributed by atoms with van der Waals surface area (Å²) < 4.78 is 1.71. The molecule has 0 aliphatic heterocycles. The summed E-state index contributed by atoms with van der Waals surface area (Å²) in [5.41, 5.74) is 8.10. The fourth-order valence-electron chi connectivity index (χ4n) is 1.98. The molecular formula is C13H10N4O. The average Bonchev–Trinajstić information content (AvgIpc) is 2.86. The van der Waals surface area contributed by atoms with Crippen LogP contribution in [0.4, 0.5) is 0 Å². The summed E-state index contributed by atoms with van der Waals surface area (Å²) >= 11 is 0. The first-order chi connectivity index (χ1) is 8.77. The highest BCUT2D eigenvalue weighted by Crippen LogP contribution is 2.25. The molecule has 0 unspecified atom stereocenters. The lowest BCUT2D eigenvalue weighted by Crippen LogP contribution is -2.12. The third-order valence-electron chi connectivity index (χ3n) is 2.78. The van der Waals surface area contributed by atoms with Crippen molar-refractivity contribution in [3.05, 3.63) is 54.5 Å². The SMILES string of the molecule is NC(=O)c1ccccc1-c1ncnn2cccc12. The van der Waals surface area contributed by atoms with E-state index in [0.29, 0.717) is 11.3 Å². The van der Waals surface area contributed by atoms with Crippen LogP contribution in [0.15, 0.2) is 48.9 Å². The van der Waals surface area contributed by atoms with Crippen LogP contribution in [0.5, 0.6) is 0 Å². The molecule has 0 bridgehead atoms. The zero-order chi connectivity index (χ0) is 12.5. The first-order valence-corrected chi connectivity index (χ1v) is 5.45. The van der Waals surface area contributed by atoms with Crippen molar-refractivity contribution < 1.29 is 4.79 Å². The molecule has 1 amide bonds. The first kappa shape index (κ1) is 10.5. The Labute approximate surface area is 103 Å². The minimum absolute atomic E-state index is 0.458. The predicted molar refractivity (Wildman–Crippen MR) is 66.9 cm³/mol. The number of aromatic nitrogens is 3. The number of nitrogens with zero attached hydrogens (tertiary/aromatic N) is 3. The maximum Gasteiger partial charge on any atom is 0.249 e. The molecule has 0 fully saturated rings. The molecule has 2 N–H and O–H groups in total. The Bertz CT molecular complexity index is 732. The normalized spacial score (nSPS) is 10.7. The largest absolute Gasteiger partial charge is 0.366 e. The second kappa shape index (κ2) is 3.96. The van der Waals surface area contributed by atoms with E-state index in [9.17, 15) is 4.79 Å². The van der Waals surface area contributed by atoms with Gasteiger partial charge < -0.3 is 5.73 Å². The molecule has 2 heterocycles. The van der Waals surface area contributed by atoms with Gasteiger partial charge in [-0.1, -0.05) is 18.2 Å². The van der Waals surface area contributed by atoms with Crippen LogP contribution in [0.3, 0.4) is 0 Å². The molecule has 88 valence electrons. The number of fused-ring (bicyclic) bond motifs is 1. The van der Waals surface area contributed by atoms with Gasteiger partial charge in [0.05, 0.1) is 11.2 Å². The molecule has 3 aromatic rings. The number of hydrogen-bond acceptors (Lipinski definition) is 3. The predicted octanol–water partition coefficient (Wildman–Crippen LogP) is 1.50. The van der Waals surface area contributed by atoms with E-state index in [1.807, 2.05) is 30.5 Å². The fourth-order valence-corrected chi connectivity index (χ4v) is 1.98. The number of amides is 1. The molecule has 0 saturated carbocycles. The quantitative estimate of drug-likeness (QED) is 0.735. The summed E-state index contributed by atoms with van der Waals surface area (Å²) in [4.78, 5) is 15.7. The van der Waals surface area contributed by atoms with Crippen LogP contribution < -0.4 is 5.73 Å². The lowest BCUT2D eigenvalue weighted by atomic mass is 10.0. The summed E-state index contributed by atoms with van der Waals surface area (Å²) in [7, 11) is 0. The molecule has 0 aliphatic carbocycles. The Morgan fingerprint density at radius 2 is 2.00 bits per heavy atom. The molecule has 5 heteroatoms. The highest BCUT2D eigenvalue weighted by atomic mass is 16.1. The van der Waals surface area contributed by atoms with Gasteiger partial charge in [-0.2, -0.15) is 5.10 Å². The van der Waals surface area contributed by atoms with Crippen molar-refractivity contribution in [1.82, 2.24) is 14.6 Å². The van der Waals surface area contributed by atoms with Crippen molar-refractivity contribution >= 4 is 11.4 Å². The molecule has 3 rings (SSSR count). The lowest BCUT2D eigenvalue weighted by Gasteiger charge is -2.07. The number of rotatable bonds is 2. The van der Waals surface area contributed by atoms with E-state index in [4.69, 9.17) is 5.73 Å². The standard InChI is InChI=1S/C13H10N4O/c14-13(18)10-5-2-1-4-9(10)12-11-6-3-7-17(11)16-8-15-12/h1-8H,(H2,14,18). The Morgan fingerprint density at radius 1 is 1.17 bits per heavy atom. The van der Waals surface area contributed by atoms with Crippen LogP contribution >= 0.6 is 0 Å². The van der Waals surface area contributed by atoms with Gasteiger partial charge in [0, 0.05) is 17.3 Å². The van der Waals surface area contributed by atoms with Crippen molar-refractivity contribution in [3.8, 4) is 11.3 Å². The van der Waals surface area contributed by atoms with Gasteiger partial charge >= 0.3 is 0 Å². The van der Waals surface area contributed by atoms with Crippen LogP contribution in [0.25, 0.3) is 16.8 Å². The van der Waals surface area contributed by atoms with E-state index in [-0.39, 0.29) is 0 Å². The van der Waals surface area contributed by atoms with Gasteiger partial charge in [-0.25, -0.2) is 9.50 Å². The van der Waals surface area contributed by atoms with Gasteiger partial charge in [0.1, 0.15) is 6.33 Å². The minimum atomic E-state index is -0.464. The fraction of sp³-hybridized carbons (Fsp3) is 0. The van der Waals surface area contributed by atoms with Crippen LogP contribution in [0.2, 0.25) is 0 Å². The van der Waals surface area contributed by atoms with E-state index in [1.165, 1.54) is 6.33 Å². The van der Waals surface area contributed by atoms with E-state index in [1.54, 1.807) is 16.6 Å². The second-order valence-corrected chi connectivity index (χ2v) is 3.86. The molecule has 2 aromatic heterocycles. The Hall–Kier alpha value is -2.69. The number of carbonyl (C=O) groups is 1. The maximum atomic E-state index is 11.4. The molecule has 0 radical (unpaired) electrons. The summed E-state index contributed by atoms with van der Waals surface area (Å²) in [6.45, 7) is 0. The molecule has 0 aliphatic rings. The van der Waals surface area contributed by atoms with E-state index in [0.717, 1.165) is 11.1 Å². The van der Waals surface area contributed by atoms with Gasteiger partial charge in [0.15, 0.2) is 0 Å². The van der Waals surface area contributed by atoms with Crippen LogP contribution in [0, 0.1) is 0 Å². The van der Waals surface area contributed by atoms with Gasteiger partial charge in [-0.15, -0.1) is 0 Å². The highest BCUT2D eigenvalue weighted by Gasteiger charge is 2.13. The van der Waals surface area contributed by atoms with Crippen molar-refractivity contribution in [1.29, 1.82) is 0 Å². The van der Waals surface area contributed by atoms with Crippen LogP contribution in [-0.2, 0) is 0 Å². The molecule has 1 aromatic carbocycles. The maximum absolute atomic E-state index is 11.4. The van der Waals surface area contributed by atoms with Gasteiger partial charge in [0.25, 0.3) is 0 Å². The van der Waals surface area contributed by atoms with Crippen LogP contribution in [-0.4, -0.2) is 20.5 Å². The zero-order valence-electron chi connectivity index (χ0n) is 9.45. The molecule has 0 spiro atoms. The average molecular weight is 238 g/mol. The van der Waals surface area contributed by atoms with Gasteiger partial charge in [-0.3, -0.25) is 4.79 Å². The molecule has 0 atom stereocenters. The summed E-state index contributed by atoms with van der Waals surface area (Å²) in [5, 5.41) is 4.09. The van der Waals surface area contributed by atoms with E-state index in [2.05, 4.69) is 10.1 Å². The minimum Gasteiger partial charge on any atom is -0.366 e. The topological polar surface area (TPSA) is 73.3 Å². The number of primary amides is 1. The van der Waals surface area contributed by atoms with Crippen molar-refractivity contribution in [2.45, 2.75) is 0 Å². The third-order valence-corrected chi connectivity index (χ3v) is 2.78. The molecular weight excluding hydrogens is 228 g/mol. The molecule has 18 heavy (non-hydrogen) atoms. The van der Waals surface area contributed by atoms with Gasteiger partial charge in [-0.05, 0) is 18.2 Å². The second-order valence-electron chi connectivity index (χ2n) is 3.86. The molecule has 5 nitrogen and oxygen atoms in total. The van der Waals surface area contributed by atoms with E-state index >= 15 is 0 Å². The van der Waals surface area contributed by atoms with Crippen molar-refractivity contribution in [2.24, 2.45) is 5.73 Å². The number of hydrogen-bond donors (Lipinski definition) is 1. The third kappa shape index (κ3) is 1.53. The summed E-state index contributed by atoms with van der Waals surface area (Å²) in [6, 6.07) is 10.9. The Kier molecular flexibility index (Phi) is 2.30. The number of benzene rings is 1. The van der Waals surface area contributed by atoms with Crippen molar-refractivity contribution in [2.75, 3.05) is 0 Å². The monoisotopic (exact) mass is 238 g/mol. The molecule has 0 saturated heterocycles. The van der Waals surface area contributed by atoms with Crippen LogP contribution in [0.1, 0.15) is 10.4 Å². The van der Waals surface area contributed by atoms with Gasteiger partial charge in [0.2, 0.25) is 5.91 Å². The first-order valence-electron chi connectivity index (χ1n) is 5.45.